The van der Waals surface area contributed by atoms with Gasteiger partial charge in [-0.2, -0.15) is 0 Å². The molecule has 1 saturated heterocycles. The third kappa shape index (κ3) is 3.84. The van der Waals surface area contributed by atoms with Crippen molar-refractivity contribution in [1.82, 2.24) is 4.90 Å². The zero-order chi connectivity index (χ0) is 20.4. The predicted octanol–water partition coefficient (Wildman–Crippen LogP) is 3.78. The van der Waals surface area contributed by atoms with Crippen molar-refractivity contribution in [2.24, 2.45) is 0 Å². The first kappa shape index (κ1) is 19.1. The summed E-state index contributed by atoms with van der Waals surface area (Å²) in [6.45, 7) is 1.44. The number of hydrogen-bond donors (Lipinski definition) is 1. The van der Waals surface area contributed by atoms with Crippen LogP contribution < -0.4 is 9.47 Å². The number of phenols is 1. The summed E-state index contributed by atoms with van der Waals surface area (Å²) in [6.07, 6.45) is -0.196. The normalized spacial score (nSPS) is 16.6. The number of hydrogen-bond acceptors (Lipinski definition) is 5. The molecule has 0 aromatic heterocycles. The molecule has 0 unspecified atom stereocenters. The lowest BCUT2D eigenvalue weighted by Gasteiger charge is -2.33. The van der Waals surface area contributed by atoms with Crippen LogP contribution in [0.4, 0.5) is 0 Å². The molecule has 6 heteroatoms. The molecule has 150 valence electrons. The summed E-state index contributed by atoms with van der Waals surface area (Å²) in [5.41, 5.74) is 1.51. The van der Waals surface area contributed by atoms with Crippen molar-refractivity contribution in [1.29, 1.82) is 0 Å². The first-order valence-electron chi connectivity index (χ1n) is 9.44. The van der Waals surface area contributed by atoms with Gasteiger partial charge in [0.05, 0.1) is 27.4 Å². The summed E-state index contributed by atoms with van der Waals surface area (Å²) in [4.78, 5) is 14.7. The number of carbonyl (C=O) groups excluding carboxylic acids is 1. The molecule has 4 rings (SSSR count). The average molecular weight is 393 g/mol. The van der Waals surface area contributed by atoms with E-state index in [9.17, 15) is 9.90 Å². The van der Waals surface area contributed by atoms with Crippen molar-refractivity contribution in [2.75, 3.05) is 33.9 Å². The Hall–Kier alpha value is -3.25. The van der Waals surface area contributed by atoms with Crippen molar-refractivity contribution in [3.63, 3.8) is 0 Å². The van der Waals surface area contributed by atoms with E-state index in [2.05, 4.69) is 6.07 Å². The van der Waals surface area contributed by atoms with E-state index in [4.69, 9.17) is 14.2 Å². The molecular weight excluding hydrogens is 370 g/mol. The van der Waals surface area contributed by atoms with E-state index in [-0.39, 0.29) is 23.5 Å². The lowest BCUT2D eigenvalue weighted by Crippen LogP contribution is -2.42. The van der Waals surface area contributed by atoms with Crippen LogP contribution in [0, 0.1) is 0 Å². The van der Waals surface area contributed by atoms with Crippen LogP contribution in [0.2, 0.25) is 0 Å². The zero-order valence-corrected chi connectivity index (χ0v) is 16.4. The second kappa shape index (κ2) is 8.01. The number of benzene rings is 3. The van der Waals surface area contributed by atoms with Crippen LogP contribution in [0.25, 0.3) is 10.8 Å². The van der Waals surface area contributed by atoms with E-state index < -0.39 is 0 Å². The molecule has 0 bridgehead atoms. The van der Waals surface area contributed by atoms with Gasteiger partial charge in [-0.3, -0.25) is 4.79 Å². The molecule has 1 aliphatic rings. The maximum absolute atomic E-state index is 13.0. The molecule has 0 aliphatic carbocycles. The molecule has 6 nitrogen and oxygen atoms in total. The molecule has 0 spiro atoms. The number of rotatable bonds is 4. The molecule has 0 saturated carbocycles. The van der Waals surface area contributed by atoms with Crippen molar-refractivity contribution >= 4 is 16.7 Å². The Morgan fingerprint density at radius 1 is 1.03 bits per heavy atom. The lowest BCUT2D eigenvalue weighted by atomic mass is 10.0. The van der Waals surface area contributed by atoms with E-state index in [1.165, 1.54) is 13.2 Å². The maximum atomic E-state index is 13.0. The number of ether oxygens (including phenoxy) is 3. The fourth-order valence-corrected chi connectivity index (χ4v) is 3.60. The van der Waals surface area contributed by atoms with E-state index in [1.807, 2.05) is 30.3 Å². The van der Waals surface area contributed by atoms with Crippen LogP contribution in [0.15, 0.2) is 54.6 Å². The second-order valence-corrected chi connectivity index (χ2v) is 6.97. The number of carbonyl (C=O) groups is 1. The fraction of sp³-hybridized carbons (Fsp3) is 0.261. The van der Waals surface area contributed by atoms with Crippen molar-refractivity contribution in [2.45, 2.75) is 6.10 Å². The highest BCUT2D eigenvalue weighted by Crippen LogP contribution is 2.30. The zero-order valence-electron chi connectivity index (χ0n) is 16.4. The largest absolute Gasteiger partial charge is 0.504 e. The lowest BCUT2D eigenvalue weighted by molar-refractivity contribution is -0.0227. The van der Waals surface area contributed by atoms with Crippen molar-refractivity contribution in [3.8, 4) is 17.2 Å². The van der Waals surface area contributed by atoms with Gasteiger partial charge in [-0.05, 0) is 52.7 Å². The summed E-state index contributed by atoms with van der Waals surface area (Å²) < 4.78 is 16.4. The quantitative estimate of drug-likeness (QED) is 0.731. The summed E-state index contributed by atoms with van der Waals surface area (Å²) in [6, 6.07) is 16.8. The van der Waals surface area contributed by atoms with E-state index in [1.54, 1.807) is 24.1 Å². The summed E-state index contributed by atoms with van der Waals surface area (Å²) in [5, 5.41) is 11.9. The summed E-state index contributed by atoms with van der Waals surface area (Å²) in [5.74, 6) is 1.00. The number of morpholine rings is 1. The highest BCUT2D eigenvalue weighted by Gasteiger charge is 2.26. The minimum Gasteiger partial charge on any atom is -0.504 e. The Morgan fingerprint density at radius 2 is 1.83 bits per heavy atom. The van der Waals surface area contributed by atoms with Gasteiger partial charge >= 0.3 is 0 Å². The number of aromatic hydroxyl groups is 1. The van der Waals surface area contributed by atoms with Crippen LogP contribution >= 0.6 is 0 Å². The highest BCUT2D eigenvalue weighted by atomic mass is 16.5. The number of fused-ring (bicyclic) bond motifs is 1. The molecule has 1 aliphatic heterocycles. The van der Waals surface area contributed by atoms with Crippen LogP contribution in [0.3, 0.4) is 0 Å². The average Bonchev–Trinajstić information content (AvgIpc) is 2.78. The number of methoxy groups -OCH3 is 2. The first-order valence-corrected chi connectivity index (χ1v) is 9.44. The molecule has 29 heavy (non-hydrogen) atoms. The Morgan fingerprint density at radius 3 is 2.62 bits per heavy atom. The van der Waals surface area contributed by atoms with Crippen LogP contribution in [-0.4, -0.2) is 49.8 Å². The van der Waals surface area contributed by atoms with Crippen LogP contribution in [-0.2, 0) is 4.74 Å². The Balaban J connectivity index is 1.55. The smallest absolute Gasteiger partial charge is 0.254 e. The molecule has 1 N–H and O–H groups in total. The molecular formula is C23H23NO5. The van der Waals surface area contributed by atoms with Gasteiger partial charge in [-0.15, -0.1) is 0 Å². The molecule has 3 aromatic rings. The first-order chi connectivity index (χ1) is 14.1. The van der Waals surface area contributed by atoms with Gasteiger partial charge in [0.25, 0.3) is 5.91 Å². The topological polar surface area (TPSA) is 68.2 Å². The standard InChI is InChI=1S/C23H23NO5/c1-27-19-7-5-15-11-17(4-3-16(15)12-19)22-14-24(9-10-29-22)23(26)18-6-8-20(25)21(13-18)28-2/h3-8,11-13,22,25H,9-10,14H2,1-2H3/t22-/m0/s1. The summed E-state index contributed by atoms with van der Waals surface area (Å²) in [7, 11) is 3.12. The molecule has 3 aromatic carbocycles. The van der Waals surface area contributed by atoms with E-state index in [0.717, 1.165) is 22.1 Å². The van der Waals surface area contributed by atoms with Gasteiger partial charge < -0.3 is 24.2 Å². The molecule has 1 atom stereocenters. The van der Waals surface area contributed by atoms with Crippen LogP contribution in [0.1, 0.15) is 22.0 Å². The van der Waals surface area contributed by atoms with Crippen molar-refractivity contribution in [3.05, 3.63) is 65.7 Å². The molecule has 1 amide bonds. The Bertz CT molecular complexity index is 1050. The number of amides is 1. The summed E-state index contributed by atoms with van der Waals surface area (Å²) >= 11 is 0. The fourth-order valence-electron chi connectivity index (χ4n) is 3.60. The van der Waals surface area contributed by atoms with Gasteiger partial charge in [0, 0.05) is 12.1 Å². The molecule has 0 radical (unpaired) electrons. The van der Waals surface area contributed by atoms with E-state index in [0.29, 0.717) is 25.3 Å². The van der Waals surface area contributed by atoms with Crippen LogP contribution in [0.5, 0.6) is 17.2 Å². The predicted molar refractivity (Wildman–Crippen MR) is 110 cm³/mol. The van der Waals surface area contributed by atoms with Gasteiger partial charge in [0.15, 0.2) is 11.5 Å². The van der Waals surface area contributed by atoms with Gasteiger partial charge in [-0.25, -0.2) is 0 Å². The minimum atomic E-state index is -0.196. The molecule has 1 heterocycles. The van der Waals surface area contributed by atoms with Gasteiger partial charge in [-0.1, -0.05) is 18.2 Å². The van der Waals surface area contributed by atoms with Gasteiger partial charge in [0.2, 0.25) is 0 Å². The highest BCUT2D eigenvalue weighted by molar-refractivity contribution is 5.95. The van der Waals surface area contributed by atoms with E-state index >= 15 is 0 Å². The number of nitrogens with zero attached hydrogens (tertiary/aromatic N) is 1. The Kier molecular flexibility index (Phi) is 5.27. The second-order valence-electron chi connectivity index (χ2n) is 6.97. The van der Waals surface area contributed by atoms with Gasteiger partial charge in [0.1, 0.15) is 11.9 Å². The third-order valence-corrected chi connectivity index (χ3v) is 5.22. The number of phenolic OH excluding ortho intramolecular Hbond substituents is 1. The SMILES string of the molecule is COc1ccc2cc([C@@H]3CN(C(=O)c4ccc(O)c(OC)c4)CCO3)ccc2c1. The third-order valence-electron chi connectivity index (χ3n) is 5.22. The molecule has 1 fully saturated rings. The van der Waals surface area contributed by atoms with Crippen molar-refractivity contribution < 1.29 is 24.1 Å². The Labute approximate surface area is 169 Å². The minimum absolute atomic E-state index is 0.0108. The monoisotopic (exact) mass is 393 g/mol. The maximum Gasteiger partial charge on any atom is 0.254 e.